The molecule has 1 saturated carbocycles. The summed E-state index contributed by atoms with van der Waals surface area (Å²) >= 11 is 0. The highest BCUT2D eigenvalue weighted by Crippen LogP contribution is 2.34. The number of benzene rings is 2. The normalized spacial score (nSPS) is 17.8. The second kappa shape index (κ2) is 7.87. The standard InChI is InChI=1S/C23H26N2O2/c1-17(22-20(26)14-23(2,3)15-21(22)27)24-25(19-12-8-5-9-13-19)16-18-10-6-4-7-11-18/h4-13,22H,14-16H2,1-3H3. The number of carbonyl (C=O) groups is 2. The Morgan fingerprint density at radius 3 is 2.04 bits per heavy atom. The van der Waals surface area contributed by atoms with Crippen LogP contribution in [-0.4, -0.2) is 17.3 Å². The Morgan fingerprint density at radius 2 is 1.48 bits per heavy atom. The molecule has 0 N–H and O–H groups in total. The second-order valence-corrected chi connectivity index (χ2v) is 8.00. The van der Waals surface area contributed by atoms with E-state index in [4.69, 9.17) is 5.10 Å². The Kier molecular flexibility index (Phi) is 5.54. The molecule has 4 heteroatoms. The number of anilines is 1. The second-order valence-electron chi connectivity index (χ2n) is 8.00. The molecule has 1 fully saturated rings. The fraction of sp³-hybridized carbons (Fsp3) is 0.348. The van der Waals surface area contributed by atoms with Gasteiger partial charge < -0.3 is 0 Å². The maximum absolute atomic E-state index is 12.6. The number of hydrogen-bond donors (Lipinski definition) is 0. The Morgan fingerprint density at radius 1 is 0.963 bits per heavy atom. The van der Waals surface area contributed by atoms with Gasteiger partial charge in [-0.3, -0.25) is 14.6 Å². The van der Waals surface area contributed by atoms with Gasteiger partial charge in [-0.05, 0) is 30.0 Å². The van der Waals surface area contributed by atoms with Gasteiger partial charge in [-0.2, -0.15) is 5.10 Å². The van der Waals surface area contributed by atoms with E-state index in [1.54, 1.807) is 6.92 Å². The van der Waals surface area contributed by atoms with Crippen molar-refractivity contribution in [1.82, 2.24) is 0 Å². The lowest BCUT2D eigenvalue weighted by Gasteiger charge is -2.32. The maximum atomic E-state index is 12.6. The van der Waals surface area contributed by atoms with Crippen LogP contribution in [0.2, 0.25) is 0 Å². The monoisotopic (exact) mass is 362 g/mol. The van der Waals surface area contributed by atoms with Crippen LogP contribution in [-0.2, 0) is 16.1 Å². The van der Waals surface area contributed by atoms with Gasteiger partial charge in [-0.25, -0.2) is 0 Å². The molecule has 1 aliphatic carbocycles. The minimum absolute atomic E-state index is 0.0229. The van der Waals surface area contributed by atoms with E-state index < -0.39 is 5.92 Å². The Hall–Kier alpha value is -2.75. The van der Waals surface area contributed by atoms with Crippen molar-refractivity contribution < 1.29 is 9.59 Å². The van der Waals surface area contributed by atoms with Crippen LogP contribution in [0.4, 0.5) is 5.69 Å². The first-order chi connectivity index (χ1) is 12.9. The molecule has 0 spiro atoms. The van der Waals surface area contributed by atoms with Crippen LogP contribution in [0.25, 0.3) is 0 Å². The molecule has 0 bridgehead atoms. The molecule has 0 saturated heterocycles. The van der Waals surface area contributed by atoms with Gasteiger partial charge in [0.25, 0.3) is 0 Å². The number of para-hydroxylation sites is 1. The summed E-state index contributed by atoms with van der Waals surface area (Å²) in [5, 5.41) is 6.59. The van der Waals surface area contributed by atoms with E-state index in [0.717, 1.165) is 11.3 Å². The van der Waals surface area contributed by atoms with Crippen LogP contribution in [0.1, 0.15) is 39.2 Å². The predicted octanol–water partition coefficient (Wildman–Crippen LogP) is 4.64. The quantitative estimate of drug-likeness (QED) is 0.442. The van der Waals surface area contributed by atoms with Crippen molar-refractivity contribution >= 4 is 23.0 Å². The SMILES string of the molecule is CC(=NN(Cc1ccccc1)c1ccccc1)C1C(=O)CC(C)(C)CC1=O. The van der Waals surface area contributed by atoms with Gasteiger partial charge in [0.2, 0.25) is 0 Å². The van der Waals surface area contributed by atoms with Crippen molar-refractivity contribution in [3.63, 3.8) is 0 Å². The number of rotatable bonds is 5. The Balaban J connectivity index is 1.90. The molecule has 0 aromatic heterocycles. The number of Topliss-reactive ketones (excluding diaryl/α,β-unsaturated/α-hetero) is 2. The van der Waals surface area contributed by atoms with Crippen molar-refractivity contribution in [2.75, 3.05) is 5.01 Å². The van der Waals surface area contributed by atoms with E-state index in [1.165, 1.54) is 0 Å². The van der Waals surface area contributed by atoms with Crippen LogP contribution in [0.15, 0.2) is 65.8 Å². The minimum Gasteiger partial charge on any atom is -0.298 e. The van der Waals surface area contributed by atoms with E-state index in [0.29, 0.717) is 25.1 Å². The molecule has 0 heterocycles. The summed E-state index contributed by atoms with van der Waals surface area (Å²) in [5.74, 6) is -0.768. The molecule has 2 aromatic carbocycles. The molecule has 1 aliphatic rings. The lowest BCUT2D eigenvalue weighted by molar-refractivity contribution is -0.136. The molecule has 27 heavy (non-hydrogen) atoms. The van der Waals surface area contributed by atoms with Crippen molar-refractivity contribution in [2.24, 2.45) is 16.4 Å². The van der Waals surface area contributed by atoms with Crippen molar-refractivity contribution in [2.45, 2.75) is 40.2 Å². The molecule has 2 aromatic rings. The fourth-order valence-electron chi connectivity index (χ4n) is 3.64. The van der Waals surface area contributed by atoms with Gasteiger partial charge in [0.05, 0.1) is 17.9 Å². The van der Waals surface area contributed by atoms with Gasteiger partial charge in [-0.1, -0.05) is 62.4 Å². The smallest absolute Gasteiger partial charge is 0.149 e. The summed E-state index contributed by atoms with van der Waals surface area (Å²) in [4.78, 5) is 25.2. The molecule has 0 radical (unpaired) electrons. The van der Waals surface area contributed by atoms with E-state index in [9.17, 15) is 9.59 Å². The molecule has 0 amide bonds. The molecule has 3 rings (SSSR count). The van der Waals surface area contributed by atoms with Gasteiger partial charge >= 0.3 is 0 Å². The van der Waals surface area contributed by atoms with Crippen LogP contribution >= 0.6 is 0 Å². The average molecular weight is 362 g/mol. The van der Waals surface area contributed by atoms with Crippen LogP contribution in [0.5, 0.6) is 0 Å². The first kappa shape index (κ1) is 19.0. The molecule has 4 nitrogen and oxygen atoms in total. The largest absolute Gasteiger partial charge is 0.298 e. The zero-order chi connectivity index (χ0) is 19.4. The van der Waals surface area contributed by atoms with E-state index >= 15 is 0 Å². The summed E-state index contributed by atoms with van der Waals surface area (Å²) in [6, 6.07) is 19.9. The Labute approximate surface area is 160 Å². The number of carbonyl (C=O) groups excluding carboxylic acids is 2. The van der Waals surface area contributed by atoms with Crippen LogP contribution in [0, 0.1) is 11.3 Å². The van der Waals surface area contributed by atoms with Gasteiger partial charge in [-0.15, -0.1) is 0 Å². The molecular weight excluding hydrogens is 336 g/mol. The van der Waals surface area contributed by atoms with Gasteiger partial charge in [0.15, 0.2) is 0 Å². The highest BCUT2D eigenvalue weighted by molar-refractivity contribution is 6.22. The van der Waals surface area contributed by atoms with Crippen molar-refractivity contribution in [3.8, 4) is 0 Å². The van der Waals surface area contributed by atoms with Gasteiger partial charge in [0, 0.05) is 12.8 Å². The molecule has 0 atom stereocenters. The summed E-state index contributed by atoms with van der Waals surface area (Å²) in [5.41, 5.74) is 2.35. The molecule has 140 valence electrons. The highest BCUT2D eigenvalue weighted by atomic mass is 16.2. The van der Waals surface area contributed by atoms with Gasteiger partial charge in [0.1, 0.15) is 17.5 Å². The summed E-state index contributed by atoms with van der Waals surface area (Å²) in [7, 11) is 0. The van der Waals surface area contributed by atoms with Crippen molar-refractivity contribution in [3.05, 3.63) is 66.2 Å². The number of ketones is 2. The average Bonchev–Trinajstić information content (AvgIpc) is 2.61. The summed E-state index contributed by atoms with van der Waals surface area (Å²) in [6.07, 6.45) is 0.834. The molecular formula is C23H26N2O2. The lowest BCUT2D eigenvalue weighted by Crippen LogP contribution is -2.41. The van der Waals surface area contributed by atoms with E-state index in [-0.39, 0.29) is 17.0 Å². The third kappa shape index (κ3) is 4.70. The minimum atomic E-state index is -0.722. The maximum Gasteiger partial charge on any atom is 0.149 e. The number of nitrogens with zero attached hydrogens (tertiary/aromatic N) is 2. The van der Waals surface area contributed by atoms with E-state index in [1.807, 2.05) is 79.5 Å². The number of hydrazone groups is 1. The first-order valence-corrected chi connectivity index (χ1v) is 9.33. The fourth-order valence-corrected chi connectivity index (χ4v) is 3.64. The molecule has 0 unspecified atom stereocenters. The third-order valence-electron chi connectivity index (χ3n) is 4.88. The zero-order valence-corrected chi connectivity index (χ0v) is 16.2. The topological polar surface area (TPSA) is 49.7 Å². The predicted molar refractivity (Wildman–Crippen MR) is 109 cm³/mol. The molecule has 0 aliphatic heterocycles. The highest BCUT2D eigenvalue weighted by Gasteiger charge is 2.41. The van der Waals surface area contributed by atoms with Crippen molar-refractivity contribution in [1.29, 1.82) is 0 Å². The van der Waals surface area contributed by atoms with Crippen LogP contribution < -0.4 is 5.01 Å². The summed E-state index contributed by atoms with van der Waals surface area (Å²) < 4.78 is 0. The summed E-state index contributed by atoms with van der Waals surface area (Å²) in [6.45, 7) is 6.30. The Bertz CT molecular complexity index is 821. The van der Waals surface area contributed by atoms with Crippen LogP contribution in [0.3, 0.4) is 0 Å². The van der Waals surface area contributed by atoms with E-state index in [2.05, 4.69) is 0 Å². The third-order valence-corrected chi connectivity index (χ3v) is 4.88. The number of hydrogen-bond acceptors (Lipinski definition) is 4. The first-order valence-electron chi connectivity index (χ1n) is 9.33. The zero-order valence-electron chi connectivity index (χ0n) is 16.2. The lowest BCUT2D eigenvalue weighted by atomic mass is 9.70.